The molecule has 108 valence electrons. The van der Waals surface area contributed by atoms with Crippen molar-refractivity contribution in [3.63, 3.8) is 0 Å². The Bertz CT molecular complexity index is 740. The molecular formula is C13H11FN4O3. The third kappa shape index (κ3) is 2.79. The van der Waals surface area contributed by atoms with Gasteiger partial charge in [-0.1, -0.05) is 22.4 Å². The molecular weight excluding hydrogens is 279 g/mol. The average molecular weight is 290 g/mol. The minimum absolute atomic E-state index is 0.0458. The highest BCUT2D eigenvalue weighted by molar-refractivity contribution is 5.56. The lowest BCUT2D eigenvalue weighted by Crippen LogP contribution is -1.96. The zero-order valence-corrected chi connectivity index (χ0v) is 11.1. The molecule has 0 atom stereocenters. The first-order chi connectivity index (χ1) is 10.3. The summed E-state index contributed by atoms with van der Waals surface area (Å²) in [6.45, 7) is 0.475. The summed E-state index contributed by atoms with van der Waals surface area (Å²) < 4.78 is 28.6. The maximum atomic E-state index is 13.6. The van der Waals surface area contributed by atoms with Crippen molar-refractivity contribution in [3.05, 3.63) is 35.9 Å². The molecule has 1 aromatic carbocycles. The quantitative estimate of drug-likeness (QED) is 0.711. The van der Waals surface area contributed by atoms with E-state index in [0.29, 0.717) is 18.9 Å². The summed E-state index contributed by atoms with van der Waals surface area (Å²) in [5.74, 6) is 0.300. The number of ether oxygens (including phenoxy) is 1. The van der Waals surface area contributed by atoms with Crippen LogP contribution in [0.4, 0.5) is 4.39 Å². The van der Waals surface area contributed by atoms with E-state index in [2.05, 4.69) is 20.3 Å². The van der Waals surface area contributed by atoms with E-state index in [1.54, 1.807) is 25.3 Å². The van der Waals surface area contributed by atoms with Crippen LogP contribution in [-0.4, -0.2) is 34.0 Å². The minimum Gasteiger partial charge on any atom is -0.384 e. The maximum absolute atomic E-state index is 13.6. The number of benzene rings is 1. The first-order valence-corrected chi connectivity index (χ1v) is 6.18. The van der Waals surface area contributed by atoms with Crippen molar-refractivity contribution in [2.75, 3.05) is 13.7 Å². The van der Waals surface area contributed by atoms with Gasteiger partial charge < -0.3 is 13.8 Å². The van der Waals surface area contributed by atoms with Crippen LogP contribution in [-0.2, 0) is 11.2 Å². The van der Waals surface area contributed by atoms with Gasteiger partial charge in [-0.2, -0.15) is 9.97 Å². The number of hydrogen-bond acceptors (Lipinski definition) is 7. The first-order valence-electron chi connectivity index (χ1n) is 6.18. The van der Waals surface area contributed by atoms with Crippen molar-refractivity contribution in [1.29, 1.82) is 0 Å². The average Bonchev–Trinajstić information content (AvgIpc) is 3.14. The fraction of sp³-hybridized carbons (Fsp3) is 0.231. The highest BCUT2D eigenvalue weighted by atomic mass is 19.1. The van der Waals surface area contributed by atoms with Crippen molar-refractivity contribution < 1.29 is 18.2 Å². The molecule has 0 amide bonds. The molecule has 0 aliphatic carbocycles. The molecule has 21 heavy (non-hydrogen) atoms. The van der Waals surface area contributed by atoms with Crippen LogP contribution in [0.2, 0.25) is 0 Å². The van der Waals surface area contributed by atoms with Crippen molar-refractivity contribution in [2.24, 2.45) is 0 Å². The first kappa shape index (κ1) is 13.4. The van der Waals surface area contributed by atoms with E-state index in [1.807, 2.05) is 0 Å². The normalized spacial score (nSPS) is 11.0. The molecule has 7 nitrogen and oxygen atoms in total. The van der Waals surface area contributed by atoms with Crippen LogP contribution in [0.5, 0.6) is 0 Å². The van der Waals surface area contributed by atoms with E-state index >= 15 is 0 Å². The van der Waals surface area contributed by atoms with Gasteiger partial charge in [-0.3, -0.25) is 0 Å². The summed E-state index contributed by atoms with van der Waals surface area (Å²) in [5.41, 5.74) is 0.242. The van der Waals surface area contributed by atoms with Gasteiger partial charge in [-0.05, 0) is 12.1 Å². The molecule has 3 rings (SSSR count). The Labute approximate surface area is 118 Å². The Balaban J connectivity index is 1.85. The highest BCUT2D eigenvalue weighted by Gasteiger charge is 2.18. The zero-order chi connectivity index (χ0) is 14.7. The highest BCUT2D eigenvalue weighted by Crippen LogP contribution is 2.22. The standard InChI is InChI=1S/C13H11FN4O3/c1-19-7-6-10-15-12(20-17-10)13-16-11(18-21-13)8-4-2-3-5-9(8)14/h2-5H,6-7H2,1H3. The summed E-state index contributed by atoms with van der Waals surface area (Å²) in [5, 5.41) is 7.48. The molecule has 8 heteroatoms. The Morgan fingerprint density at radius 3 is 2.67 bits per heavy atom. The fourth-order valence-corrected chi connectivity index (χ4v) is 1.70. The van der Waals surface area contributed by atoms with Gasteiger partial charge in [0, 0.05) is 13.5 Å². The SMILES string of the molecule is COCCc1noc(-c2nc(-c3ccccc3F)no2)n1. The summed E-state index contributed by atoms with van der Waals surface area (Å²) in [6, 6.07) is 6.15. The monoisotopic (exact) mass is 290 g/mol. The van der Waals surface area contributed by atoms with Gasteiger partial charge in [0.15, 0.2) is 5.82 Å². The van der Waals surface area contributed by atoms with Crippen molar-refractivity contribution in [2.45, 2.75) is 6.42 Å². The van der Waals surface area contributed by atoms with Gasteiger partial charge in [-0.15, -0.1) is 0 Å². The molecule has 0 saturated carbocycles. The van der Waals surface area contributed by atoms with Gasteiger partial charge >= 0.3 is 11.8 Å². The number of nitrogens with zero attached hydrogens (tertiary/aromatic N) is 4. The molecule has 0 saturated heterocycles. The zero-order valence-electron chi connectivity index (χ0n) is 11.1. The molecule has 0 aliphatic heterocycles. The molecule has 3 aromatic rings. The van der Waals surface area contributed by atoms with Crippen LogP contribution in [0.25, 0.3) is 23.2 Å². The van der Waals surface area contributed by atoms with Crippen LogP contribution < -0.4 is 0 Å². The van der Waals surface area contributed by atoms with Crippen LogP contribution >= 0.6 is 0 Å². The van der Waals surface area contributed by atoms with E-state index < -0.39 is 5.82 Å². The Kier molecular flexibility index (Phi) is 3.69. The summed E-state index contributed by atoms with van der Waals surface area (Å²) in [6.07, 6.45) is 0.508. The van der Waals surface area contributed by atoms with E-state index in [0.717, 1.165) is 0 Å². The molecule has 0 bridgehead atoms. The molecule has 2 aromatic heterocycles. The predicted molar refractivity (Wildman–Crippen MR) is 68.6 cm³/mol. The van der Waals surface area contributed by atoms with Gasteiger partial charge in [0.05, 0.1) is 12.2 Å². The van der Waals surface area contributed by atoms with Gasteiger partial charge in [-0.25, -0.2) is 4.39 Å². The Morgan fingerprint density at radius 1 is 1.10 bits per heavy atom. The van der Waals surface area contributed by atoms with Gasteiger partial charge in [0.1, 0.15) is 5.82 Å². The third-order valence-corrected chi connectivity index (χ3v) is 2.72. The summed E-state index contributed by atoms with van der Waals surface area (Å²) in [4.78, 5) is 8.16. The Hall–Kier alpha value is -2.61. The Morgan fingerprint density at radius 2 is 1.86 bits per heavy atom. The summed E-state index contributed by atoms with van der Waals surface area (Å²) in [7, 11) is 1.58. The van der Waals surface area contributed by atoms with Gasteiger partial charge in [0.2, 0.25) is 5.82 Å². The van der Waals surface area contributed by atoms with Crippen LogP contribution in [0, 0.1) is 5.82 Å². The van der Waals surface area contributed by atoms with E-state index in [9.17, 15) is 4.39 Å². The lowest BCUT2D eigenvalue weighted by atomic mass is 10.2. The predicted octanol–water partition coefficient (Wildman–Crippen LogP) is 2.11. The second-order valence-corrected chi connectivity index (χ2v) is 4.16. The smallest absolute Gasteiger partial charge is 0.316 e. The molecule has 0 fully saturated rings. The van der Waals surface area contributed by atoms with Crippen molar-refractivity contribution >= 4 is 0 Å². The number of rotatable bonds is 5. The van der Waals surface area contributed by atoms with E-state index in [4.69, 9.17) is 13.8 Å². The summed E-state index contributed by atoms with van der Waals surface area (Å²) >= 11 is 0. The minimum atomic E-state index is -0.434. The van der Waals surface area contributed by atoms with Gasteiger partial charge in [0.25, 0.3) is 0 Å². The molecule has 0 N–H and O–H groups in total. The maximum Gasteiger partial charge on any atom is 0.316 e. The van der Waals surface area contributed by atoms with E-state index in [1.165, 1.54) is 6.07 Å². The fourth-order valence-electron chi connectivity index (χ4n) is 1.70. The lowest BCUT2D eigenvalue weighted by Gasteiger charge is -1.94. The van der Waals surface area contributed by atoms with Crippen molar-refractivity contribution in [3.8, 4) is 23.2 Å². The van der Waals surface area contributed by atoms with Crippen LogP contribution in [0.1, 0.15) is 5.82 Å². The molecule has 0 spiro atoms. The van der Waals surface area contributed by atoms with Crippen LogP contribution in [0.3, 0.4) is 0 Å². The lowest BCUT2D eigenvalue weighted by molar-refractivity contribution is 0.199. The topological polar surface area (TPSA) is 87.1 Å². The molecule has 2 heterocycles. The molecule has 0 unspecified atom stereocenters. The van der Waals surface area contributed by atoms with Crippen LogP contribution in [0.15, 0.2) is 33.3 Å². The van der Waals surface area contributed by atoms with E-state index in [-0.39, 0.29) is 23.2 Å². The van der Waals surface area contributed by atoms with Crippen molar-refractivity contribution in [1.82, 2.24) is 20.3 Å². The third-order valence-electron chi connectivity index (χ3n) is 2.72. The number of hydrogen-bond donors (Lipinski definition) is 0. The number of methoxy groups -OCH3 is 1. The number of aromatic nitrogens is 4. The number of halogens is 1. The second kappa shape index (κ2) is 5.80. The second-order valence-electron chi connectivity index (χ2n) is 4.16. The molecule has 0 aliphatic rings. The molecule has 0 radical (unpaired) electrons. The largest absolute Gasteiger partial charge is 0.384 e.